The molecule has 1 saturated heterocycles. The van der Waals surface area contributed by atoms with Crippen molar-refractivity contribution >= 4 is 27.5 Å². The van der Waals surface area contributed by atoms with E-state index in [0.717, 1.165) is 24.8 Å². The van der Waals surface area contributed by atoms with Crippen LogP contribution in [0.25, 0.3) is 0 Å². The van der Waals surface area contributed by atoms with Gasteiger partial charge in [0.25, 0.3) is 0 Å². The lowest BCUT2D eigenvalue weighted by Gasteiger charge is -2.25. The van der Waals surface area contributed by atoms with E-state index in [4.69, 9.17) is 11.6 Å². The molecule has 0 radical (unpaired) electrons. The molecule has 0 atom stereocenters. The third-order valence-electron chi connectivity index (χ3n) is 3.92. The monoisotopic (exact) mass is 358 g/mol. The molecule has 7 heteroatoms. The zero-order valence-electron chi connectivity index (χ0n) is 13.1. The molecule has 0 bridgehead atoms. The van der Waals surface area contributed by atoms with Crippen molar-refractivity contribution in [2.24, 2.45) is 0 Å². The first-order valence-electron chi connectivity index (χ1n) is 7.96. The molecule has 1 amide bonds. The fourth-order valence-corrected chi connectivity index (χ4v) is 4.35. The van der Waals surface area contributed by atoms with Crippen LogP contribution in [-0.2, 0) is 21.2 Å². The van der Waals surface area contributed by atoms with Crippen molar-refractivity contribution < 1.29 is 13.2 Å². The van der Waals surface area contributed by atoms with Crippen LogP contribution in [0.4, 0.5) is 0 Å². The summed E-state index contributed by atoms with van der Waals surface area (Å²) in [4.78, 5) is 11.8. The third-order valence-corrected chi connectivity index (χ3v) is 6.03. The molecule has 0 aliphatic carbocycles. The Balaban J connectivity index is 1.70. The second kappa shape index (κ2) is 8.66. The third kappa shape index (κ3) is 6.12. The average Bonchev–Trinajstić information content (AvgIpc) is 2.54. The second-order valence-corrected chi connectivity index (χ2v) is 8.28. The number of benzene rings is 1. The Morgan fingerprint density at radius 3 is 2.65 bits per heavy atom. The summed E-state index contributed by atoms with van der Waals surface area (Å²) in [6.07, 6.45) is 3.58. The lowest BCUT2D eigenvalue weighted by molar-refractivity contribution is -0.120. The second-order valence-electron chi connectivity index (χ2n) is 5.76. The lowest BCUT2D eigenvalue weighted by atomic mass is 10.1. The summed E-state index contributed by atoms with van der Waals surface area (Å²) in [6, 6.07) is 7.47. The Kier molecular flexibility index (Phi) is 6.87. The number of piperidine rings is 1. The van der Waals surface area contributed by atoms with E-state index >= 15 is 0 Å². The number of halogens is 1. The first-order chi connectivity index (χ1) is 11.0. The van der Waals surface area contributed by atoms with Gasteiger partial charge < -0.3 is 5.32 Å². The number of hydrogen-bond acceptors (Lipinski definition) is 3. The van der Waals surface area contributed by atoms with Crippen LogP contribution in [0, 0.1) is 0 Å². The number of carbonyl (C=O) groups excluding carboxylic acids is 1. The molecule has 1 aliphatic rings. The number of hydrogen-bond donors (Lipinski definition) is 1. The van der Waals surface area contributed by atoms with Gasteiger partial charge in [0.05, 0.1) is 5.75 Å². The number of nitrogens with one attached hydrogen (secondary N) is 1. The first-order valence-corrected chi connectivity index (χ1v) is 9.95. The molecule has 0 aromatic heterocycles. The highest BCUT2D eigenvalue weighted by Gasteiger charge is 2.24. The molecule has 0 unspecified atom stereocenters. The van der Waals surface area contributed by atoms with E-state index in [1.807, 2.05) is 18.2 Å². The molecule has 1 aliphatic heterocycles. The molecule has 2 rings (SSSR count). The zero-order valence-corrected chi connectivity index (χ0v) is 14.7. The van der Waals surface area contributed by atoms with Gasteiger partial charge in [-0.05, 0) is 37.0 Å². The van der Waals surface area contributed by atoms with Crippen LogP contribution in [0.2, 0.25) is 5.02 Å². The van der Waals surface area contributed by atoms with Gasteiger partial charge in [-0.3, -0.25) is 4.79 Å². The van der Waals surface area contributed by atoms with E-state index in [2.05, 4.69) is 5.32 Å². The van der Waals surface area contributed by atoms with Crippen LogP contribution in [-0.4, -0.2) is 44.0 Å². The first kappa shape index (κ1) is 18.2. The van der Waals surface area contributed by atoms with Crippen molar-refractivity contribution in [1.29, 1.82) is 0 Å². The molecule has 23 heavy (non-hydrogen) atoms. The highest BCUT2D eigenvalue weighted by Crippen LogP contribution is 2.14. The minimum Gasteiger partial charge on any atom is -0.356 e. The molecule has 0 saturated carbocycles. The van der Waals surface area contributed by atoms with Gasteiger partial charge in [0.1, 0.15) is 0 Å². The van der Waals surface area contributed by atoms with Gasteiger partial charge in [-0.15, -0.1) is 0 Å². The summed E-state index contributed by atoms with van der Waals surface area (Å²) in [6.45, 7) is 1.64. The summed E-state index contributed by atoms with van der Waals surface area (Å²) in [5.41, 5.74) is 1.04. The summed E-state index contributed by atoms with van der Waals surface area (Å²) in [5, 5.41) is 3.43. The van der Waals surface area contributed by atoms with Crippen LogP contribution in [0.15, 0.2) is 24.3 Å². The molecule has 1 N–H and O–H groups in total. The van der Waals surface area contributed by atoms with Crippen molar-refractivity contribution in [3.05, 3.63) is 34.9 Å². The van der Waals surface area contributed by atoms with E-state index in [1.165, 1.54) is 4.31 Å². The quantitative estimate of drug-likeness (QED) is 0.812. The van der Waals surface area contributed by atoms with Crippen molar-refractivity contribution in [2.75, 3.05) is 25.4 Å². The summed E-state index contributed by atoms with van der Waals surface area (Å²) in [5.74, 6) is -0.344. The summed E-state index contributed by atoms with van der Waals surface area (Å²) >= 11 is 5.90. The number of rotatable bonds is 7. The van der Waals surface area contributed by atoms with Crippen LogP contribution >= 0.6 is 11.6 Å². The molecule has 5 nitrogen and oxygen atoms in total. The van der Waals surface area contributed by atoms with Gasteiger partial charge in [0.2, 0.25) is 15.9 Å². The summed E-state index contributed by atoms with van der Waals surface area (Å²) < 4.78 is 25.8. The minimum atomic E-state index is -3.31. The van der Waals surface area contributed by atoms with E-state index in [9.17, 15) is 13.2 Å². The standard InChI is InChI=1S/C16H23ClN2O3S/c17-15-6-4-5-14(13-15)7-9-18-16(20)8-12-23(21,22)19-10-2-1-3-11-19/h4-6,13H,1-3,7-12H2,(H,18,20). The van der Waals surface area contributed by atoms with Gasteiger partial charge in [0.15, 0.2) is 0 Å². The fourth-order valence-electron chi connectivity index (χ4n) is 2.62. The SMILES string of the molecule is O=C(CCS(=O)(=O)N1CCCCC1)NCCc1cccc(Cl)c1. The topological polar surface area (TPSA) is 66.5 Å². The molecule has 0 spiro atoms. The van der Waals surface area contributed by atoms with Crippen molar-refractivity contribution in [3.8, 4) is 0 Å². The number of sulfonamides is 1. The van der Waals surface area contributed by atoms with Crippen molar-refractivity contribution in [2.45, 2.75) is 32.1 Å². The van der Waals surface area contributed by atoms with Gasteiger partial charge in [-0.2, -0.15) is 0 Å². The van der Waals surface area contributed by atoms with Crippen molar-refractivity contribution in [1.82, 2.24) is 9.62 Å². The lowest BCUT2D eigenvalue weighted by Crippen LogP contribution is -2.38. The Morgan fingerprint density at radius 2 is 1.96 bits per heavy atom. The molecule has 1 aromatic carbocycles. The Bertz CT molecular complexity index is 628. The fraction of sp³-hybridized carbons (Fsp3) is 0.562. The van der Waals surface area contributed by atoms with E-state index in [1.54, 1.807) is 6.07 Å². The van der Waals surface area contributed by atoms with E-state index in [0.29, 0.717) is 31.1 Å². The molecule has 1 heterocycles. The number of carbonyl (C=O) groups is 1. The highest BCUT2D eigenvalue weighted by atomic mass is 35.5. The smallest absolute Gasteiger partial charge is 0.221 e. The maximum Gasteiger partial charge on any atom is 0.221 e. The minimum absolute atomic E-state index is 0.00831. The Morgan fingerprint density at radius 1 is 1.22 bits per heavy atom. The molecule has 1 fully saturated rings. The summed E-state index contributed by atoms with van der Waals surface area (Å²) in [7, 11) is -3.31. The van der Waals surface area contributed by atoms with Gasteiger partial charge >= 0.3 is 0 Å². The zero-order chi connectivity index (χ0) is 16.7. The van der Waals surface area contributed by atoms with Crippen LogP contribution in [0.5, 0.6) is 0 Å². The molecule has 128 valence electrons. The maximum atomic E-state index is 12.2. The Labute approximate surface area is 143 Å². The normalized spacial score (nSPS) is 16.2. The highest BCUT2D eigenvalue weighted by molar-refractivity contribution is 7.89. The Hall–Kier alpha value is -1.11. The average molecular weight is 359 g/mol. The molecular formula is C16H23ClN2O3S. The van der Waals surface area contributed by atoms with E-state index in [-0.39, 0.29) is 18.1 Å². The van der Waals surface area contributed by atoms with E-state index < -0.39 is 10.0 Å². The number of amides is 1. The van der Waals surface area contributed by atoms with Crippen LogP contribution in [0.3, 0.4) is 0 Å². The van der Waals surface area contributed by atoms with Gasteiger partial charge in [0, 0.05) is 31.1 Å². The molecule has 1 aromatic rings. The van der Waals surface area contributed by atoms with Crippen molar-refractivity contribution in [3.63, 3.8) is 0 Å². The largest absolute Gasteiger partial charge is 0.356 e. The van der Waals surface area contributed by atoms with Gasteiger partial charge in [-0.1, -0.05) is 30.2 Å². The van der Waals surface area contributed by atoms with Crippen LogP contribution < -0.4 is 5.32 Å². The molecular weight excluding hydrogens is 336 g/mol. The number of nitrogens with zero attached hydrogens (tertiary/aromatic N) is 1. The van der Waals surface area contributed by atoms with Crippen LogP contribution in [0.1, 0.15) is 31.2 Å². The predicted octanol–water partition coefficient (Wildman–Crippen LogP) is 2.20. The van der Waals surface area contributed by atoms with Gasteiger partial charge in [-0.25, -0.2) is 12.7 Å². The predicted molar refractivity (Wildman–Crippen MR) is 92.0 cm³/mol. The maximum absolute atomic E-state index is 12.2.